The largest absolute Gasteiger partial charge is 0.464 e. The van der Waals surface area contributed by atoms with Crippen molar-refractivity contribution in [1.29, 1.82) is 0 Å². The molecule has 23 heavy (non-hydrogen) atoms. The number of nitro groups is 1. The topological polar surface area (TPSA) is 76.6 Å². The molecule has 0 aliphatic rings. The number of carbonyl (C=O) groups is 1. The molecule has 1 atom stereocenters. The summed E-state index contributed by atoms with van der Waals surface area (Å²) in [7, 11) is 1.73. The monoisotopic (exact) mass is 334 g/mol. The molecule has 0 saturated carbocycles. The summed E-state index contributed by atoms with van der Waals surface area (Å²) in [6.45, 7) is 4.09. The molecule has 0 N–H and O–H groups in total. The molecule has 1 heterocycles. The quantitative estimate of drug-likeness (QED) is 0.458. The van der Waals surface area contributed by atoms with Crippen molar-refractivity contribution in [1.82, 2.24) is 4.90 Å². The van der Waals surface area contributed by atoms with Crippen molar-refractivity contribution >= 4 is 23.4 Å². The first-order valence-electron chi connectivity index (χ1n) is 7.08. The first-order valence-corrected chi connectivity index (χ1v) is 7.96. The Bertz CT molecular complexity index is 696. The molecule has 0 radical (unpaired) electrons. The maximum Gasteiger partial charge on any atom is 0.269 e. The average molecular weight is 334 g/mol. The van der Waals surface area contributed by atoms with Crippen LogP contribution in [0.15, 0.2) is 45.7 Å². The molecule has 0 unspecified atom stereocenters. The zero-order valence-corrected chi connectivity index (χ0v) is 14.0. The van der Waals surface area contributed by atoms with E-state index in [2.05, 4.69) is 0 Å². The molecule has 7 heteroatoms. The lowest BCUT2D eigenvalue weighted by Crippen LogP contribution is -2.32. The highest BCUT2D eigenvalue weighted by Crippen LogP contribution is 2.26. The molecule has 0 saturated heterocycles. The average Bonchev–Trinajstić information content (AvgIpc) is 2.92. The van der Waals surface area contributed by atoms with Gasteiger partial charge in [-0.05, 0) is 38.1 Å². The zero-order chi connectivity index (χ0) is 17.0. The minimum atomic E-state index is -0.442. The molecule has 1 aromatic carbocycles. The fraction of sp³-hybridized carbons (Fsp3) is 0.312. The van der Waals surface area contributed by atoms with Crippen LogP contribution in [0.5, 0.6) is 0 Å². The number of carbonyl (C=O) groups excluding carboxylic acids is 1. The maximum absolute atomic E-state index is 12.4. The van der Waals surface area contributed by atoms with Crippen LogP contribution >= 0.6 is 11.8 Å². The van der Waals surface area contributed by atoms with E-state index in [0.29, 0.717) is 6.54 Å². The Morgan fingerprint density at radius 3 is 2.48 bits per heavy atom. The second-order valence-corrected chi connectivity index (χ2v) is 6.63. The summed E-state index contributed by atoms with van der Waals surface area (Å²) in [5.74, 6) is 1.53. The van der Waals surface area contributed by atoms with Gasteiger partial charge in [-0.1, -0.05) is 0 Å². The Morgan fingerprint density at radius 1 is 1.30 bits per heavy atom. The number of benzene rings is 1. The summed E-state index contributed by atoms with van der Waals surface area (Å²) >= 11 is 1.37. The Hall–Kier alpha value is -2.28. The lowest BCUT2D eigenvalue weighted by molar-refractivity contribution is -0.384. The third-order valence-corrected chi connectivity index (χ3v) is 4.37. The summed E-state index contributed by atoms with van der Waals surface area (Å²) in [5.41, 5.74) is 0.0404. The summed E-state index contributed by atoms with van der Waals surface area (Å²) in [5, 5.41) is 10.3. The summed E-state index contributed by atoms with van der Waals surface area (Å²) in [6.07, 6.45) is 0. The molecule has 6 nitrogen and oxygen atoms in total. The lowest BCUT2D eigenvalue weighted by Gasteiger charge is -2.20. The van der Waals surface area contributed by atoms with Gasteiger partial charge in [-0.2, -0.15) is 0 Å². The number of rotatable bonds is 6. The minimum Gasteiger partial charge on any atom is -0.464 e. The van der Waals surface area contributed by atoms with Gasteiger partial charge in [-0.15, -0.1) is 11.8 Å². The number of amides is 1. The molecule has 2 rings (SSSR count). The molecule has 1 aromatic heterocycles. The molecular formula is C16H18N2O4S. The van der Waals surface area contributed by atoms with Crippen LogP contribution < -0.4 is 0 Å². The SMILES string of the molecule is Cc1ccc(CN(C)C(=O)[C@H](C)Sc2ccc([N+](=O)[O-])cc2)o1. The van der Waals surface area contributed by atoms with Crippen molar-refractivity contribution in [2.75, 3.05) is 7.05 Å². The van der Waals surface area contributed by atoms with Crippen LogP contribution in [0.3, 0.4) is 0 Å². The van der Waals surface area contributed by atoms with Crippen molar-refractivity contribution in [3.05, 3.63) is 58.0 Å². The molecule has 0 bridgehead atoms. The number of thioether (sulfide) groups is 1. The predicted octanol–water partition coefficient (Wildman–Crippen LogP) is 3.64. The molecule has 0 spiro atoms. The molecular weight excluding hydrogens is 316 g/mol. The van der Waals surface area contributed by atoms with Gasteiger partial charge in [0.1, 0.15) is 11.5 Å². The highest BCUT2D eigenvalue weighted by Gasteiger charge is 2.20. The van der Waals surface area contributed by atoms with E-state index in [9.17, 15) is 14.9 Å². The van der Waals surface area contributed by atoms with E-state index in [1.54, 1.807) is 24.1 Å². The van der Waals surface area contributed by atoms with E-state index in [1.165, 1.54) is 23.9 Å². The van der Waals surface area contributed by atoms with Gasteiger partial charge in [0.25, 0.3) is 5.69 Å². The smallest absolute Gasteiger partial charge is 0.269 e. The number of non-ortho nitro benzene ring substituents is 1. The van der Waals surface area contributed by atoms with Crippen LogP contribution in [0.2, 0.25) is 0 Å². The highest BCUT2D eigenvalue weighted by atomic mass is 32.2. The van der Waals surface area contributed by atoms with E-state index in [0.717, 1.165) is 16.4 Å². The van der Waals surface area contributed by atoms with Gasteiger partial charge in [0.2, 0.25) is 5.91 Å². The fourth-order valence-electron chi connectivity index (χ4n) is 2.09. The van der Waals surface area contributed by atoms with Gasteiger partial charge in [-0.25, -0.2) is 0 Å². The highest BCUT2D eigenvalue weighted by molar-refractivity contribution is 8.00. The van der Waals surface area contributed by atoms with Crippen LogP contribution in [-0.2, 0) is 11.3 Å². The summed E-state index contributed by atoms with van der Waals surface area (Å²) in [4.78, 5) is 25.0. The van der Waals surface area contributed by atoms with Crippen molar-refractivity contribution in [2.24, 2.45) is 0 Å². The van der Waals surface area contributed by atoms with E-state index in [-0.39, 0.29) is 16.8 Å². The van der Waals surface area contributed by atoms with Crippen molar-refractivity contribution < 1.29 is 14.1 Å². The van der Waals surface area contributed by atoms with Gasteiger partial charge in [0.05, 0.1) is 16.7 Å². The van der Waals surface area contributed by atoms with Crippen LogP contribution in [0.25, 0.3) is 0 Å². The van der Waals surface area contributed by atoms with E-state index in [4.69, 9.17) is 4.42 Å². The normalized spacial score (nSPS) is 12.0. The molecule has 1 amide bonds. The van der Waals surface area contributed by atoms with E-state index in [1.807, 2.05) is 26.0 Å². The lowest BCUT2D eigenvalue weighted by atomic mass is 10.3. The summed E-state index contributed by atoms with van der Waals surface area (Å²) in [6, 6.07) is 9.91. The Kier molecular flexibility index (Phi) is 5.44. The molecule has 122 valence electrons. The first-order chi connectivity index (χ1) is 10.9. The van der Waals surface area contributed by atoms with E-state index < -0.39 is 4.92 Å². The Balaban J connectivity index is 1.94. The fourth-order valence-corrected chi connectivity index (χ4v) is 3.08. The number of nitrogens with zero attached hydrogens (tertiary/aromatic N) is 2. The molecule has 2 aromatic rings. The third kappa shape index (κ3) is 4.59. The maximum atomic E-state index is 12.4. The van der Waals surface area contributed by atoms with Gasteiger partial charge in [0.15, 0.2) is 0 Å². The molecule has 0 aliphatic carbocycles. The van der Waals surface area contributed by atoms with Gasteiger partial charge in [-0.3, -0.25) is 14.9 Å². The van der Waals surface area contributed by atoms with Crippen molar-refractivity contribution in [2.45, 2.75) is 30.5 Å². The zero-order valence-electron chi connectivity index (χ0n) is 13.2. The Morgan fingerprint density at radius 2 is 1.96 bits per heavy atom. The van der Waals surface area contributed by atoms with Crippen molar-refractivity contribution in [3.63, 3.8) is 0 Å². The number of hydrogen-bond acceptors (Lipinski definition) is 5. The first kappa shape index (κ1) is 17.1. The summed E-state index contributed by atoms with van der Waals surface area (Å²) < 4.78 is 5.47. The standard InChI is InChI=1S/C16H18N2O4S/c1-11-4-7-14(22-11)10-17(3)16(19)12(2)23-15-8-5-13(6-9-15)18(20)21/h4-9,12H,10H2,1-3H3/t12-/m0/s1. The number of furan rings is 1. The van der Waals surface area contributed by atoms with Gasteiger partial charge in [0, 0.05) is 24.1 Å². The second kappa shape index (κ2) is 7.32. The minimum absolute atomic E-state index is 0.0256. The van der Waals surface area contributed by atoms with Crippen molar-refractivity contribution in [3.8, 4) is 0 Å². The third-order valence-electron chi connectivity index (χ3n) is 3.27. The van der Waals surface area contributed by atoms with Gasteiger partial charge < -0.3 is 9.32 Å². The van der Waals surface area contributed by atoms with Crippen LogP contribution in [-0.4, -0.2) is 28.0 Å². The van der Waals surface area contributed by atoms with E-state index >= 15 is 0 Å². The Labute approximate surface area is 138 Å². The molecule has 0 aliphatic heterocycles. The second-order valence-electron chi connectivity index (χ2n) is 5.22. The van der Waals surface area contributed by atoms with Gasteiger partial charge >= 0.3 is 0 Å². The van der Waals surface area contributed by atoms with Crippen LogP contribution in [0.1, 0.15) is 18.4 Å². The number of aryl methyl sites for hydroxylation is 1. The number of hydrogen-bond donors (Lipinski definition) is 0. The van der Waals surface area contributed by atoms with Crippen LogP contribution in [0.4, 0.5) is 5.69 Å². The molecule has 0 fully saturated rings. The number of nitro benzene ring substituents is 1. The van der Waals surface area contributed by atoms with Crippen LogP contribution in [0, 0.1) is 17.0 Å². The predicted molar refractivity (Wildman–Crippen MR) is 88.3 cm³/mol.